The first-order valence-corrected chi connectivity index (χ1v) is 7.70. The van der Waals surface area contributed by atoms with Crippen LogP contribution in [0.25, 0.3) is 0 Å². The van der Waals surface area contributed by atoms with Crippen LogP contribution in [0.3, 0.4) is 0 Å². The largest absolute Gasteiger partial charge is 0.480 e. The number of likely N-dealkylation sites (tertiary alicyclic amines) is 1. The molecule has 0 amide bonds. The number of hydrogen-bond acceptors (Lipinski definition) is 2. The second-order valence-electron chi connectivity index (χ2n) is 5.54. The van der Waals surface area contributed by atoms with Crippen LogP contribution in [0.4, 0.5) is 0 Å². The molecule has 1 aliphatic heterocycles. The molecule has 1 aromatic carbocycles. The van der Waals surface area contributed by atoms with Crippen molar-refractivity contribution in [3.05, 3.63) is 33.8 Å². The lowest BCUT2D eigenvalue weighted by atomic mass is 9.87. The Labute approximate surface area is 121 Å². The van der Waals surface area contributed by atoms with Crippen LogP contribution in [0, 0.1) is 0 Å². The normalized spacial score (nSPS) is 27.2. The van der Waals surface area contributed by atoms with Gasteiger partial charge < -0.3 is 5.11 Å². The first-order valence-electron chi connectivity index (χ1n) is 6.91. The highest BCUT2D eigenvalue weighted by Gasteiger charge is 2.36. The van der Waals surface area contributed by atoms with Gasteiger partial charge in [0.05, 0.1) is 0 Å². The second-order valence-corrected chi connectivity index (χ2v) is 6.46. The van der Waals surface area contributed by atoms with Crippen molar-refractivity contribution in [2.45, 2.75) is 44.2 Å². The predicted octanol–water partition coefficient (Wildman–Crippen LogP) is 2.86. The molecular formula is C15H18BrNO2. The van der Waals surface area contributed by atoms with E-state index in [1.165, 1.54) is 11.1 Å². The fraction of sp³-hybridized carbons (Fsp3) is 0.533. The van der Waals surface area contributed by atoms with Crippen molar-refractivity contribution in [2.75, 3.05) is 6.54 Å². The Morgan fingerprint density at radius 3 is 2.95 bits per heavy atom. The second kappa shape index (κ2) is 5.25. The topological polar surface area (TPSA) is 40.5 Å². The van der Waals surface area contributed by atoms with Gasteiger partial charge in [0, 0.05) is 10.5 Å². The summed E-state index contributed by atoms with van der Waals surface area (Å²) < 4.78 is 1.13. The smallest absolute Gasteiger partial charge is 0.320 e. The quantitative estimate of drug-likeness (QED) is 0.909. The monoisotopic (exact) mass is 323 g/mol. The third-order valence-electron chi connectivity index (χ3n) is 4.42. The van der Waals surface area contributed by atoms with Gasteiger partial charge in [0.15, 0.2) is 0 Å². The molecule has 1 fully saturated rings. The van der Waals surface area contributed by atoms with Crippen LogP contribution in [0.1, 0.15) is 30.4 Å². The van der Waals surface area contributed by atoms with Crippen LogP contribution in [0.5, 0.6) is 0 Å². The lowest BCUT2D eigenvalue weighted by Crippen LogP contribution is -2.45. The van der Waals surface area contributed by atoms with Crippen molar-refractivity contribution < 1.29 is 9.90 Å². The number of rotatable bonds is 2. The Morgan fingerprint density at radius 1 is 1.32 bits per heavy atom. The Balaban J connectivity index is 1.78. The van der Waals surface area contributed by atoms with E-state index in [0.717, 1.165) is 43.1 Å². The van der Waals surface area contributed by atoms with Gasteiger partial charge >= 0.3 is 5.97 Å². The summed E-state index contributed by atoms with van der Waals surface area (Å²) in [6, 6.07) is 6.60. The number of carboxylic acid groups (broad SMARTS) is 1. The number of carbonyl (C=O) groups is 1. The van der Waals surface area contributed by atoms with Crippen LogP contribution in [0.15, 0.2) is 22.7 Å². The molecule has 2 atom stereocenters. The molecular weight excluding hydrogens is 306 g/mol. The van der Waals surface area contributed by atoms with Gasteiger partial charge in [-0.05, 0) is 61.9 Å². The molecule has 0 aromatic heterocycles. The van der Waals surface area contributed by atoms with Crippen molar-refractivity contribution in [2.24, 2.45) is 0 Å². The van der Waals surface area contributed by atoms with Crippen LogP contribution in [0.2, 0.25) is 0 Å². The van der Waals surface area contributed by atoms with Gasteiger partial charge in [-0.3, -0.25) is 9.69 Å². The van der Waals surface area contributed by atoms with E-state index in [0.29, 0.717) is 6.04 Å². The highest BCUT2D eigenvalue weighted by molar-refractivity contribution is 9.10. The molecule has 0 bridgehead atoms. The molecule has 3 nitrogen and oxygen atoms in total. The third-order valence-corrected chi connectivity index (χ3v) is 4.91. The summed E-state index contributed by atoms with van der Waals surface area (Å²) in [6.45, 7) is 0.938. The Kier molecular flexibility index (Phi) is 3.63. The summed E-state index contributed by atoms with van der Waals surface area (Å²) in [4.78, 5) is 13.5. The van der Waals surface area contributed by atoms with Gasteiger partial charge in [0.1, 0.15) is 6.04 Å². The zero-order chi connectivity index (χ0) is 13.4. The van der Waals surface area contributed by atoms with Gasteiger partial charge in [0.25, 0.3) is 0 Å². The minimum Gasteiger partial charge on any atom is -0.480 e. The maximum Gasteiger partial charge on any atom is 0.320 e. The molecule has 102 valence electrons. The number of hydrogen-bond donors (Lipinski definition) is 1. The van der Waals surface area contributed by atoms with Gasteiger partial charge in [-0.15, -0.1) is 0 Å². The first-order chi connectivity index (χ1) is 9.15. The van der Waals surface area contributed by atoms with Gasteiger partial charge in [-0.2, -0.15) is 0 Å². The van der Waals surface area contributed by atoms with Gasteiger partial charge in [-0.1, -0.05) is 22.0 Å². The molecule has 1 heterocycles. The first kappa shape index (κ1) is 13.1. The maximum absolute atomic E-state index is 11.3. The lowest BCUT2D eigenvalue weighted by Gasteiger charge is -2.34. The third kappa shape index (κ3) is 2.56. The Bertz CT molecular complexity index is 503. The number of aliphatic carboxylic acids is 1. The van der Waals surface area contributed by atoms with E-state index >= 15 is 0 Å². The molecule has 1 N–H and O–H groups in total. The van der Waals surface area contributed by atoms with Crippen molar-refractivity contribution in [3.63, 3.8) is 0 Å². The molecule has 1 saturated heterocycles. The average molecular weight is 324 g/mol. The Hall–Kier alpha value is -0.870. The minimum atomic E-state index is -0.654. The van der Waals surface area contributed by atoms with Crippen molar-refractivity contribution in [1.29, 1.82) is 0 Å². The molecule has 1 aliphatic carbocycles. The van der Waals surface area contributed by atoms with E-state index in [4.69, 9.17) is 0 Å². The molecule has 3 rings (SSSR count). The van der Waals surface area contributed by atoms with E-state index < -0.39 is 5.97 Å². The van der Waals surface area contributed by atoms with Gasteiger partial charge in [0.2, 0.25) is 0 Å². The summed E-state index contributed by atoms with van der Waals surface area (Å²) in [5.74, 6) is -0.654. The molecule has 0 radical (unpaired) electrons. The summed E-state index contributed by atoms with van der Waals surface area (Å²) in [5.41, 5.74) is 2.80. The number of fused-ring (bicyclic) bond motifs is 1. The van der Waals surface area contributed by atoms with Crippen molar-refractivity contribution in [3.8, 4) is 0 Å². The maximum atomic E-state index is 11.3. The number of carboxylic acids is 1. The molecule has 1 aromatic rings. The molecule has 2 unspecified atom stereocenters. The summed E-state index contributed by atoms with van der Waals surface area (Å²) in [6.07, 6.45) is 4.95. The number of nitrogens with zero attached hydrogens (tertiary/aromatic N) is 1. The van der Waals surface area contributed by atoms with Crippen LogP contribution in [-0.4, -0.2) is 34.6 Å². The molecule has 2 aliphatic rings. The molecule has 4 heteroatoms. The fourth-order valence-electron chi connectivity index (χ4n) is 3.48. The fourth-order valence-corrected chi connectivity index (χ4v) is 3.89. The van der Waals surface area contributed by atoms with E-state index in [1.54, 1.807) is 0 Å². The van der Waals surface area contributed by atoms with Gasteiger partial charge in [-0.25, -0.2) is 0 Å². The lowest BCUT2D eigenvalue weighted by molar-refractivity contribution is -0.143. The van der Waals surface area contributed by atoms with Crippen molar-refractivity contribution >= 4 is 21.9 Å². The Morgan fingerprint density at radius 2 is 2.16 bits per heavy atom. The minimum absolute atomic E-state index is 0.262. The summed E-state index contributed by atoms with van der Waals surface area (Å²) in [5, 5.41) is 9.30. The molecule has 0 saturated carbocycles. The van der Waals surface area contributed by atoms with E-state index in [1.807, 2.05) is 0 Å². The molecule has 19 heavy (non-hydrogen) atoms. The predicted molar refractivity (Wildman–Crippen MR) is 77.3 cm³/mol. The van der Waals surface area contributed by atoms with Crippen LogP contribution in [-0.2, 0) is 17.6 Å². The van der Waals surface area contributed by atoms with Crippen LogP contribution < -0.4 is 0 Å². The zero-order valence-electron chi connectivity index (χ0n) is 10.8. The van der Waals surface area contributed by atoms with E-state index in [2.05, 4.69) is 39.0 Å². The summed E-state index contributed by atoms with van der Waals surface area (Å²) in [7, 11) is 0. The SMILES string of the molecule is O=C(O)C1CCCN1C1CCc2cc(Br)ccc2C1. The highest BCUT2D eigenvalue weighted by Crippen LogP contribution is 2.31. The van der Waals surface area contributed by atoms with Crippen molar-refractivity contribution in [1.82, 2.24) is 4.90 Å². The zero-order valence-corrected chi connectivity index (χ0v) is 12.4. The molecule has 0 spiro atoms. The van der Waals surface area contributed by atoms with Crippen LogP contribution >= 0.6 is 15.9 Å². The van der Waals surface area contributed by atoms with E-state index in [9.17, 15) is 9.90 Å². The van der Waals surface area contributed by atoms with E-state index in [-0.39, 0.29) is 6.04 Å². The average Bonchev–Trinajstić information content (AvgIpc) is 2.87. The standard InChI is InChI=1S/C15H18BrNO2/c16-12-5-3-11-9-13(6-4-10(11)8-12)17-7-1-2-14(17)15(18)19/h3,5,8,13-14H,1-2,4,6-7,9H2,(H,18,19). The highest BCUT2D eigenvalue weighted by atomic mass is 79.9. The number of aryl methyl sites for hydroxylation is 1. The summed E-state index contributed by atoms with van der Waals surface area (Å²) >= 11 is 3.51. The number of benzene rings is 1. The number of halogens is 1.